The maximum atomic E-state index is 11.5. The largest absolute Gasteiger partial charge is 0.506 e. The molecule has 0 aromatic heterocycles. The highest BCUT2D eigenvalue weighted by atomic mass is 32.2. The standard InChI is InChI=1S/C8H12N2O3S/c1-2-10-14(12,13)8-4-3-6(9)5-7(8)11/h3-5,10-11H,2,9H2,1H3. The summed E-state index contributed by atoms with van der Waals surface area (Å²) in [5, 5.41) is 9.35. The normalized spacial score (nSPS) is 11.5. The molecule has 1 aromatic carbocycles. The molecule has 5 nitrogen and oxygen atoms in total. The van der Waals surface area contributed by atoms with E-state index in [1.807, 2.05) is 0 Å². The van der Waals surface area contributed by atoms with Crippen molar-refractivity contribution in [2.24, 2.45) is 0 Å². The van der Waals surface area contributed by atoms with Gasteiger partial charge in [0.2, 0.25) is 10.0 Å². The Hall–Kier alpha value is -1.27. The lowest BCUT2D eigenvalue weighted by atomic mass is 10.3. The van der Waals surface area contributed by atoms with E-state index >= 15 is 0 Å². The number of nitrogens with two attached hydrogens (primary N) is 1. The van der Waals surface area contributed by atoms with Crippen molar-refractivity contribution in [2.75, 3.05) is 12.3 Å². The van der Waals surface area contributed by atoms with Crippen LogP contribution in [0.5, 0.6) is 5.75 Å². The molecule has 0 saturated heterocycles. The molecule has 0 heterocycles. The number of benzene rings is 1. The van der Waals surface area contributed by atoms with Gasteiger partial charge in [-0.2, -0.15) is 0 Å². The summed E-state index contributed by atoms with van der Waals surface area (Å²) in [6, 6.07) is 3.89. The fourth-order valence-electron chi connectivity index (χ4n) is 1.03. The fraction of sp³-hybridized carbons (Fsp3) is 0.250. The molecule has 0 radical (unpaired) electrons. The second kappa shape index (κ2) is 3.85. The van der Waals surface area contributed by atoms with Gasteiger partial charge >= 0.3 is 0 Å². The lowest BCUT2D eigenvalue weighted by Gasteiger charge is -2.06. The number of sulfonamides is 1. The average molecular weight is 216 g/mol. The lowest BCUT2D eigenvalue weighted by Crippen LogP contribution is -2.23. The number of phenolic OH excluding ortho intramolecular Hbond substituents is 1. The molecule has 0 atom stereocenters. The minimum atomic E-state index is -3.61. The van der Waals surface area contributed by atoms with Crippen molar-refractivity contribution < 1.29 is 13.5 Å². The maximum Gasteiger partial charge on any atom is 0.244 e. The molecular weight excluding hydrogens is 204 g/mol. The number of phenols is 1. The van der Waals surface area contributed by atoms with Crippen LogP contribution >= 0.6 is 0 Å². The Kier molecular flexibility index (Phi) is 2.97. The van der Waals surface area contributed by atoms with Gasteiger partial charge in [0.25, 0.3) is 0 Å². The molecule has 78 valence electrons. The van der Waals surface area contributed by atoms with E-state index in [1.54, 1.807) is 6.92 Å². The lowest BCUT2D eigenvalue weighted by molar-refractivity contribution is 0.458. The van der Waals surface area contributed by atoms with Crippen LogP contribution in [0, 0.1) is 0 Å². The zero-order valence-corrected chi connectivity index (χ0v) is 8.50. The highest BCUT2D eigenvalue weighted by molar-refractivity contribution is 7.89. The third kappa shape index (κ3) is 2.15. The van der Waals surface area contributed by atoms with E-state index in [9.17, 15) is 13.5 Å². The van der Waals surface area contributed by atoms with Crippen LogP contribution in [0.3, 0.4) is 0 Å². The first kappa shape index (κ1) is 10.8. The van der Waals surface area contributed by atoms with Gasteiger partial charge in [-0.05, 0) is 12.1 Å². The summed E-state index contributed by atoms with van der Waals surface area (Å²) in [7, 11) is -3.61. The van der Waals surface area contributed by atoms with Crippen LogP contribution in [0.4, 0.5) is 5.69 Å². The Morgan fingerprint density at radius 2 is 2.14 bits per heavy atom. The maximum absolute atomic E-state index is 11.5. The van der Waals surface area contributed by atoms with Crippen molar-refractivity contribution in [3.63, 3.8) is 0 Å². The summed E-state index contributed by atoms with van der Waals surface area (Å²) in [6.45, 7) is 1.93. The smallest absolute Gasteiger partial charge is 0.244 e. The number of hydrogen-bond acceptors (Lipinski definition) is 4. The molecule has 0 aliphatic rings. The van der Waals surface area contributed by atoms with Crippen LogP contribution in [0.1, 0.15) is 6.92 Å². The highest BCUT2D eigenvalue weighted by Gasteiger charge is 2.16. The van der Waals surface area contributed by atoms with Crippen LogP contribution in [0.25, 0.3) is 0 Å². The predicted molar refractivity (Wildman–Crippen MR) is 53.4 cm³/mol. The molecule has 14 heavy (non-hydrogen) atoms. The molecule has 0 fully saturated rings. The molecule has 0 unspecified atom stereocenters. The van der Waals surface area contributed by atoms with Crippen molar-refractivity contribution in [1.82, 2.24) is 4.72 Å². The van der Waals surface area contributed by atoms with Crippen LogP contribution < -0.4 is 10.5 Å². The molecule has 0 spiro atoms. The van der Waals surface area contributed by atoms with Gasteiger partial charge in [-0.15, -0.1) is 0 Å². The topological polar surface area (TPSA) is 92.4 Å². The van der Waals surface area contributed by atoms with Gasteiger partial charge in [0.1, 0.15) is 10.6 Å². The summed E-state index contributed by atoms with van der Waals surface area (Å²) >= 11 is 0. The predicted octanol–water partition coefficient (Wildman–Crippen LogP) is 0.273. The molecular formula is C8H12N2O3S. The Morgan fingerprint density at radius 3 is 2.64 bits per heavy atom. The van der Waals surface area contributed by atoms with E-state index in [-0.39, 0.29) is 17.2 Å². The summed E-state index contributed by atoms with van der Waals surface area (Å²) < 4.78 is 25.2. The molecule has 0 aliphatic heterocycles. The second-order valence-corrected chi connectivity index (χ2v) is 4.46. The van der Waals surface area contributed by atoms with E-state index < -0.39 is 10.0 Å². The van der Waals surface area contributed by atoms with Gasteiger partial charge in [-0.3, -0.25) is 0 Å². The first-order valence-corrected chi connectivity index (χ1v) is 5.54. The first-order chi connectivity index (χ1) is 6.47. The number of rotatable bonds is 3. The van der Waals surface area contributed by atoms with E-state index in [1.165, 1.54) is 18.2 Å². The molecule has 0 amide bonds. The van der Waals surface area contributed by atoms with Crippen LogP contribution in [-0.4, -0.2) is 20.1 Å². The molecule has 6 heteroatoms. The number of hydrogen-bond donors (Lipinski definition) is 3. The quantitative estimate of drug-likeness (QED) is 0.632. The highest BCUT2D eigenvalue weighted by Crippen LogP contribution is 2.24. The minimum Gasteiger partial charge on any atom is -0.506 e. The zero-order chi connectivity index (χ0) is 10.8. The average Bonchev–Trinajstić information content (AvgIpc) is 2.02. The Bertz CT molecular complexity index is 428. The third-order valence-corrected chi connectivity index (χ3v) is 3.20. The van der Waals surface area contributed by atoms with Crippen molar-refractivity contribution in [1.29, 1.82) is 0 Å². The number of aromatic hydroxyl groups is 1. The van der Waals surface area contributed by atoms with Gasteiger partial charge < -0.3 is 10.8 Å². The summed E-state index contributed by atoms with van der Waals surface area (Å²) in [4.78, 5) is -0.159. The molecule has 0 aliphatic carbocycles. The van der Waals surface area contributed by atoms with Gasteiger partial charge in [-0.25, -0.2) is 13.1 Å². The first-order valence-electron chi connectivity index (χ1n) is 4.05. The van der Waals surface area contributed by atoms with Crippen LogP contribution in [0.15, 0.2) is 23.1 Å². The number of anilines is 1. The zero-order valence-electron chi connectivity index (χ0n) is 7.69. The van der Waals surface area contributed by atoms with Crippen molar-refractivity contribution in [3.8, 4) is 5.75 Å². The summed E-state index contributed by atoms with van der Waals surface area (Å²) in [5.41, 5.74) is 5.69. The van der Waals surface area contributed by atoms with Crippen LogP contribution in [0.2, 0.25) is 0 Å². The van der Waals surface area contributed by atoms with E-state index in [4.69, 9.17) is 5.73 Å². The Labute approximate surface area is 82.6 Å². The monoisotopic (exact) mass is 216 g/mol. The van der Waals surface area contributed by atoms with Gasteiger partial charge in [0.05, 0.1) is 0 Å². The second-order valence-electron chi connectivity index (χ2n) is 2.73. The van der Waals surface area contributed by atoms with E-state index in [0.29, 0.717) is 5.69 Å². The molecule has 0 bridgehead atoms. The summed E-state index contributed by atoms with van der Waals surface area (Å²) in [6.07, 6.45) is 0. The number of nitrogen functional groups attached to an aromatic ring is 1. The van der Waals surface area contributed by atoms with Crippen LogP contribution in [-0.2, 0) is 10.0 Å². The van der Waals surface area contributed by atoms with Crippen molar-refractivity contribution in [2.45, 2.75) is 11.8 Å². The Balaban J connectivity index is 3.20. The van der Waals surface area contributed by atoms with Gasteiger partial charge in [0.15, 0.2) is 0 Å². The molecule has 1 rings (SSSR count). The van der Waals surface area contributed by atoms with Gasteiger partial charge in [0, 0.05) is 18.3 Å². The summed E-state index contributed by atoms with van der Waals surface area (Å²) in [5.74, 6) is -0.342. The Morgan fingerprint density at radius 1 is 1.50 bits per heavy atom. The molecule has 1 aromatic rings. The van der Waals surface area contributed by atoms with E-state index in [2.05, 4.69) is 4.72 Å². The van der Waals surface area contributed by atoms with E-state index in [0.717, 1.165) is 0 Å². The molecule has 0 saturated carbocycles. The SMILES string of the molecule is CCNS(=O)(=O)c1ccc(N)cc1O. The fourth-order valence-corrected chi connectivity index (χ4v) is 2.15. The minimum absolute atomic E-state index is 0.159. The third-order valence-electron chi connectivity index (χ3n) is 1.61. The number of nitrogens with one attached hydrogen (secondary N) is 1. The van der Waals surface area contributed by atoms with Crippen molar-refractivity contribution >= 4 is 15.7 Å². The van der Waals surface area contributed by atoms with Gasteiger partial charge in [-0.1, -0.05) is 6.92 Å². The molecule has 4 N–H and O–H groups in total. The van der Waals surface area contributed by atoms with Crippen molar-refractivity contribution in [3.05, 3.63) is 18.2 Å².